The predicted molar refractivity (Wildman–Crippen MR) is 94.6 cm³/mol. The molecule has 2 aromatic heterocycles. The Kier molecular flexibility index (Phi) is 4.79. The average molecular weight is 337 g/mol. The van der Waals surface area contributed by atoms with Crippen molar-refractivity contribution in [2.24, 2.45) is 0 Å². The van der Waals surface area contributed by atoms with Crippen molar-refractivity contribution in [2.45, 2.75) is 26.8 Å². The molecule has 1 N–H and O–H groups in total. The first-order chi connectivity index (χ1) is 12.0. The molecule has 0 atom stereocenters. The minimum atomic E-state index is -0.124. The largest absolute Gasteiger partial charge is 0.361 e. The zero-order chi connectivity index (χ0) is 17.8. The first-order valence-electron chi connectivity index (χ1n) is 7.99. The molecule has 3 aromatic rings. The van der Waals surface area contributed by atoms with E-state index in [1.54, 1.807) is 23.8 Å². The second kappa shape index (κ2) is 7.17. The molecule has 0 radical (unpaired) electrons. The summed E-state index contributed by atoms with van der Waals surface area (Å²) in [7, 11) is 0. The van der Waals surface area contributed by atoms with Gasteiger partial charge < -0.3 is 14.4 Å². The third-order valence-corrected chi connectivity index (χ3v) is 4.01. The Balaban J connectivity index is 1.63. The lowest BCUT2D eigenvalue weighted by Gasteiger charge is -2.08. The smallest absolute Gasteiger partial charge is 0.250 e. The van der Waals surface area contributed by atoms with Crippen LogP contribution < -0.4 is 10.9 Å². The van der Waals surface area contributed by atoms with E-state index in [1.165, 1.54) is 6.07 Å². The molecule has 0 aliphatic rings. The Morgan fingerprint density at radius 3 is 2.56 bits per heavy atom. The number of hydrogen-bond acceptors (Lipinski definition) is 4. The van der Waals surface area contributed by atoms with E-state index < -0.39 is 0 Å². The number of pyridine rings is 1. The summed E-state index contributed by atoms with van der Waals surface area (Å²) < 4.78 is 6.70. The zero-order valence-electron chi connectivity index (χ0n) is 14.2. The van der Waals surface area contributed by atoms with Crippen molar-refractivity contribution in [3.8, 4) is 0 Å². The summed E-state index contributed by atoms with van der Waals surface area (Å²) in [5.74, 6) is 0.540. The molecule has 128 valence electrons. The van der Waals surface area contributed by atoms with E-state index in [2.05, 4.69) is 10.5 Å². The predicted octanol–water partition coefficient (Wildman–Crippen LogP) is 2.68. The molecule has 6 heteroatoms. The molecule has 0 spiro atoms. The van der Waals surface area contributed by atoms with Crippen molar-refractivity contribution in [1.29, 1.82) is 0 Å². The first-order valence-corrected chi connectivity index (χ1v) is 7.99. The highest BCUT2D eigenvalue weighted by molar-refractivity contribution is 5.92. The molecule has 3 rings (SSSR count). The van der Waals surface area contributed by atoms with Crippen molar-refractivity contribution >= 4 is 11.6 Å². The molecular weight excluding hydrogens is 318 g/mol. The van der Waals surface area contributed by atoms with Gasteiger partial charge in [0.1, 0.15) is 5.76 Å². The van der Waals surface area contributed by atoms with Crippen LogP contribution in [0.1, 0.15) is 22.6 Å². The van der Waals surface area contributed by atoms with Gasteiger partial charge >= 0.3 is 0 Å². The van der Waals surface area contributed by atoms with Gasteiger partial charge in [-0.25, -0.2) is 0 Å². The Morgan fingerprint density at radius 1 is 1.16 bits per heavy atom. The van der Waals surface area contributed by atoms with Gasteiger partial charge in [0.2, 0.25) is 5.91 Å². The highest BCUT2D eigenvalue weighted by Gasteiger charge is 2.13. The molecule has 0 bridgehead atoms. The fourth-order valence-electron chi connectivity index (χ4n) is 2.60. The van der Waals surface area contributed by atoms with Gasteiger partial charge in [0.25, 0.3) is 5.56 Å². The molecule has 2 heterocycles. The fourth-order valence-corrected chi connectivity index (χ4v) is 2.60. The number of nitrogens with one attached hydrogen (secondary N) is 1. The van der Waals surface area contributed by atoms with E-state index in [0.29, 0.717) is 18.0 Å². The number of aromatic nitrogens is 2. The van der Waals surface area contributed by atoms with E-state index in [-0.39, 0.29) is 17.9 Å². The second-order valence-electron chi connectivity index (χ2n) is 5.89. The van der Waals surface area contributed by atoms with Crippen LogP contribution in [0.15, 0.2) is 58.0 Å². The van der Waals surface area contributed by atoms with Crippen LogP contribution in [-0.2, 0) is 17.8 Å². The monoisotopic (exact) mass is 337 g/mol. The number of nitrogens with zero attached hydrogens (tertiary/aromatic N) is 2. The second-order valence-corrected chi connectivity index (χ2v) is 5.89. The van der Waals surface area contributed by atoms with Crippen molar-refractivity contribution in [3.63, 3.8) is 0 Å². The van der Waals surface area contributed by atoms with Gasteiger partial charge in [-0.3, -0.25) is 9.59 Å². The lowest BCUT2D eigenvalue weighted by atomic mass is 10.1. The van der Waals surface area contributed by atoms with Crippen LogP contribution in [-0.4, -0.2) is 15.6 Å². The van der Waals surface area contributed by atoms with Crippen LogP contribution in [0.3, 0.4) is 0 Å². The van der Waals surface area contributed by atoms with Crippen molar-refractivity contribution in [1.82, 2.24) is 9.72 Å². The Labute approximate surface area is 145 Å². The number of carbonyl (C=O) groups is 1. The number of hydrogen-bond donors (Lipinski definition) is 1. The van der Waals surface area contributed by atoms with Gasteiger partial charge in [0, 0.05) is 23.5 Å². The van der Waals surface area contributed by atoms with Crippen LogP contribution >= 0.6 is 0 Å². The summed E-state index contributed by atoms with van der Waals surface area (Å²) in [6.07, 6.45) is 1.98. The third kappa shape index (κ3) is 4.03. The summed E-state index contributed by atoms with van der Waals surface area (Å²) >= 11 is 0. The van der Waals surface area contributed by atoms with E-state index in [1.807, 2.05) is 37.3 Å². The summed E-state index contributed by atoms with van der Waals surface area (Å²) in [6.45, 7) is 4.11. The molecule has 0 saturated heterocycles. The standard InChI is InChI=1S/C19H19N3O3/c1-13-17(14(2)25-21-13)11-18(23)20-16-8-6-15(7-9-16)12-22-10-4-3-5-19(22)24/h3-10H,11-12H2,1-2H3,(H,20,23). The lowest BCUT2D eigenvalue weighted by molar-refractivity contribution is -0.115. The van der Waals surface area contributed by atoms with E-state index >= 15 is 0 Å². The van der Waals surface area contributed by atoms with Crippen LogP contribution in [0.2, 0.25) is 0 Å². The maximum Gasteiger partial charge on any atom is 0.250 e. The Bertz CT molecular complexity index is 920. The van der Waals surface area contributed by atoms with Crippen LogP contribution in [0.4, 0.5) is 5.69 Å². The normalized spacial score (nSPS) is 10.6. The molecule has 6 nitrogen and oxygen atoms in total. The lowest BCUT2D eigenvalue weighted by Crippen LogP contribution is -2.18. The quantitative estimate of drug-likeness (QED) is 0.776. The molecule has 0 saturated carbocycles. The summed E-state index contributed by atoms with van der Waals surface area (Å²) in [4.78, 5) is 23.9. The number of carbonyl (C=O) groups excluding carboxylic acids is 1. The summed E-state index contributed by atoms with van der Waals surface area (Å²) in [5.41, 5.74) is 3.20. The van der Waals surface area contributed by atoms with E-state index in [0.717, 1.165) is 16.8 Å². The molecule has 0 aliphatic carbocycles. The maximum absolute atomic E-state index is 12.2. The number of rotatable bonds is 5. The zero-order valence-corrected chi connectivity index (χ0v) is 14.2. The minimum Gasteiger partial charge on any atom is -0.361 e. The number of anilines is 1. The fraction of sp³-hybridized carbons (Fsp3) is 0.211. The molecule has 25 heavy (non-hydrogen) atoms. The number of benzene rings is 1. The first kappa shape index (κ1) is 16.7. The SMILES string of the molecule is Cc1noc(C)c1CC(=O)Nc1ccc(Cn2ccccc2=O)cc1. The van der Waals surface area contributed by atoms with Gasteiger partial charge in [-0.05, 0) is 37.6 Å². The highest BCUT2D eigenvalue weighted by atomic mass is 16.5. The molecule has 1 aromatic carbocycles. The topological polar surface area (TPSA) is 77.1 Å². The van der Waals surface area contributed by atoms with Gasteiger partial charge in [-0.2, -0.15) is 0 Å². The number of amides is 1. The van der Waals surface area contributed by atoms with Gasteiger partial charge in [-0.1, -0.05) is 23.4 Å². The summed E-state index contributed by atoms with van der Waals surface area (Å²) in [6, 6.07) is 12.5. The maximum atomic E-state index is 12.2. The Hall–Kier alpha value is -3.15. The third-order valence-electron chi connectivity index (χ3n) is 4.01. The minimum absolute atomic E-state index is 0.0423. The molecule has 1 amide bonds. The summed E-state index contributed by atoms with van der Waals surface area (Å²) in [5, 5.41) is 6.71. The van der Waals surface area contributed by atoms with E-state index in [9.17, 15) is 9.59 Å². The molecule has 0 unspecified atom stereocenters. The van der Waals surface area contributed by atoms with Crippen LogP contribution in [0, 0.1) is 13.8 Å². The number of aryl methyl sites for hydroxylation is 2. The van der Waals surface area contributed by atoms with Gasteiger partial charge in [0.15, 0.2) is 0 Å². The van der Waals surface area contributed by atoms with Crippen molar-refractivity contribution in [2.75, 3.05) is 5.32 Å². The van der Waals surface area contributed by atoms with Gasteiger partial charge in [-0.15, -0.1) is 0 Å². The molecule has 0 fully saturated rings. The molecule has 0 aliphatic heterocycles. The van der Waals surface area contributed by atoms with Crippen LogP contribution in [0.5, 0.6) is 0 Å². The Morgan fingerprint density at radius 2 is 1.92 bits per heavy atom. The van der Waals surface area contributed by atoms with Crippen molar-refractivity contribution in [3.05, 3.63) is 81.6 Å². The average Bonchev–Trinajstić information content (AvgIpc) is 2.90. The van der Waals surface area contributed by atoms with Crippen molar-refractivity contribution < 1.29 is 9.32 Å². The van der Waals surface area contributed by atoms with Gasteiger partial charge in [0.05, 0.1) is 18.7 Å². The van der Waals surface area contributed by atoms with E-state index in [4.69, 9.17) is 4.52 Å². The van der Waals surface area contributed by atoms with Crippen LogP contribution in [0.25, 0.3) is 0 Å². The highest BCUT2D eigenvalue weighted by Crippen LogP contribution is 2.15. The molecular formula is C19H19N3O3.